The molecule has 0 radical (unpaired) electrons. The lowest BCUT2D eigenvalue weighted by Crippen LogP contribution is -2.47. The van der Waals surface area contributed by atoms with E-state index in [9.17, 15) is 14.4 Å². The van der Waals surface area contributed by atoms with Gasteiger partial charge in [0.05, 0.1) is 5.69 Å². The molecule has 7 nitrogen and oxygen atoms in total. The van der Waals surface area contributed by atoms with E-state index in [1.54, 1.807) is 11.6 Å². The van der Waals surface area contributed by atoms with Crippen LogP contribution in [0, 0.1) is 0 Å². The van der Waals surface area contributed by atoms with Gasteiger partial charge in [0.25, 0.3) is 11.5 Å². The summed E-state index contributed by atoms with van der Waals surface area (Å²) in [5, 5.41) is 7.22. The maximum absolute atomic E-state index is 12.6. The number of carbonyl (C=O) groups excluding carboxylic acids is 2. The van der Waals surface area contributed by atoms with Gasteiger partial charge in [0.2, 0.25) is 5.91 Å². The number of aromatic nitrogens is 2. The number of carbonyl (C=O) groups is 2. The third-order valence-electron chi connectivity index (χ3n) is 3.94. The first-order chi connectivity index (χ1) is 11.1. The Hall–Kier alpha value is -2.22. The van der Waals surface area contributed by atoms with Crippen molar-refractivity contribution < 1.29 is 9.59 Å². The van der Waals surface area contributed by atoms with Crippen molar-refractivity contribution >= 4 is 28.1 Å². The molecule has 122 valence electrons. The van der Waals surface area contributed by atoms with Crippen molar-refractivity contribution in [3.05, 3.63) is 33.2 Å². The number of amides is 2. The summed E-state index contributed by atoms with van der Waals surface area (Å²) in [6.07, 6.45) is 4.40. The first-order valence-corrected chi connectivity index (χ1v) is 8.57. The highest BCUT2D eigenvalue weighted by Gasteiger charge is 2.26. The average Bonchev–Trinajstić information content (AvgIpc) is 2.92. The summed E-state index contributed by atoms with van der Waals surface area (Å²) in [6, 6.07) is -0.600. The van der Waals surface area contributed by atoms with Gasteiger partial charge < -0.3 is 10.6 Å². The number of nitrogens with zero attached hydrogens (tertiary/aromatic N) is 2. The molecule has 2 amide bonds. The second kappa shape index (κ2) is 6.49. The summed E-state index contributed by atoms with van der Waals surface area (Å²) >= 11 is 1.35. The van der Waals surface area contributed by atoms with Crippen molar-refractivity contribution in [2.24, 2.45) is 0 Å². The normalized spacial score (nSPS) is 18.5. The van der Waals surface area contributed by atoms with E-state index in [1.807, 2.05) is 6.92 Å². The molecule has 1 fully saturated rings. The molecular weight excluding hydrogens is 316 g/mol. The van der Waals surface area contributed by atoms with Gasteiger partial charge in [-0.1, -0.05) is 6.92 Å². The van der Waals surface area contributed by atoms with Crippen LogP contribution in [-0.2, 0) is 11.2 Å². The summed E-state index contributed by atoms with van der Waals surface area (Å²) < 4.78 is 1.37. The molecular formula is C15H18N4O3S. The largest absolute Gasteiger partial charge is 0.354 e. The van der Waals surface area contributed by atoms with E-state index in [2.05, 4.69) is 15.6 Å². The summed E-state index contributed by atoms with van der Waals surface area (Å²) in [6.45, 7) is 2.47. The van der Waals surface area contributed by atoms with Crippen LogP contribution in [0.5, 0.6) is 0 Å². The van der Waals surface area contributed by atoms with Crippen molar-refractivity contribution in [1.29, 1.82) is 0 Å². The molecule has 23 heavy (non-hydrogen) atoms. The zero-order valence-electron chi connectivity index (χ0n) is 12.8. The SMILES string of the molecule is CCc1nc2sccn2c(=O)c1C(=O)NC1CCCCNC1=O. The molecule has 2 aromatic rings. The fourth-order valence-corrected chi connectivity index (χ4v) is 3.44. The molecule has 3 rings (SSSR count). The summed E-state index contributed by atoms with van der Waals surface area (Å²) in [5.41, 5.74) is 0.101. The monoisotopic (exact) mass is 334 g/mol. The molecule has 1 atom stereocenters. The molecule has 2 aromatic heterocycles. The van der Waals surface area contributed by atoms with Gasteiger partial charge in [-0.15, -0.1) is 11.3 Å². The van der Waals surface area contributed by atoms with Gasteiger partial charge in [-0.05, 0) is 25.7 Å². The predicted octanol–water partition coefficient (Wildman–Crippen LogP) is 0.717. The molecule has 2 N–H and O–H groups in total. The molecule has 0 bridgehead atoms. The van der Waals surface area contributed by atoms with Crippen LogP contribution >= 0.6 is 11.3 Å². The van der Waals surface area contributed by atoms with Gasteiger partial charge >= 0.3 is 0 Å². The zero-order valence-corrected chi connectivity index (χ0v) is 13.6. The van der Waals surface area contributed by atoms with E-state index >= 15 is 0 Å². The van der Waals surface area contributed by atoms with E-state index in [4.69, 9.17) is 0 Å². The minimum atomic E-state index is -0.600. The van der Waals surface area contributed by atoms with E-state index in [-0.39, 0.29) is 17.0 Å². The average molecular weight is 334 g/mol. The fourth-order valence-electron chi connectivity index (χ4n) is 2.71. The van der Waals surface area contributed by atoms with Crippen LogP contribution in [0.15, 0.2) is 16.4 Å². The third-order valence-corrected chi connectivity index (χ3v) is 4.70. The molecule has 0 aromatic carbocycles. The first-order valence-electron chi connectivity index (χ1n) is 7.69. The fraction of sp³-hybridized carbons (Fsp3) is 0.467. The van der Waals surface area contributed by atoms with Gasteiger partial charge in [0.15, 0.2) is 4.96 Å². The number of nitrogens with one attached hydrogen (secondary N) is 2. The van der Waals surface area contributed by atoms with Crippen LogP contribution in [0.4, 0.5) is 0 Å². The van der Waals surface area contributed by atoms with Crippen molar-refractivity contribution in [3.63, 3.8) is 0 Å². The van der Waals surface area contributed by atoms with Crippen LogP contribution in [0.3, 0.4) is 0 Å². The number of fused-ring (bicyclic) bond motifs is 1. The van der Waals surface area contributed by atoms with Gasteiger partial charge in [-0.2, -0.15) is 0 Å². The number of rotatable bonds is 3. The standard InChI is InChI=1S/C15H18N4O3S/c1-2-9-11(14(22)19-7-8-23-15(19)18-9)13(21)17-10-5-3-4-6-16-12(10)20/h7-8,10H,2-6H2,1H3,(H,16,20)(H,17,21). The van der Waals surface area contributed by atoms with Gasteiger partial charge in [0, 0.05) is 18.1 Å². The van der Waals surface area contributed by atoms with Crippen molar-refractivity contribution in [2.45, 2.75) is 38.6 Å². The Morgan fingerprint density at radius 1 is 1.48 bits per heavy atom. The van der Waals surface area contributed by atoms with E-state index in [0.717, 1.165) is 12.8 Å². The van der Waals surface area contributed by atoms with Crippen molar-refractivity contribution in [3.8, 4) is 0 Å². The number of hydrogen-bond acceptors (Lipinski definition) is 5. The Morgan fingerprint density at radius 2 is 2.30 bits per heavy atom. The highest BCUT2D eigenvalue weighted by molar-refractivity contribution is 7.15. The van der Waals surface area contributed by atoms with Crippen LogP contribution in [0.25, 0.3) is 4.96 Å². The minimum absolute atomic E-state index is 0.0282. The van der Waals surface area contributed by atoms with Crippen LogP contribution in [-0.4, -0.2) is 33.8 Å². The highest BCUT2D eigenvalue weighted by atomic mass is 32.1. The number of aryl methyl sites for hydroxylation is 1. The molecule has 1 aliphatic rings. The molecule has 1 aliphatic heterocycles. The lowest BCUT2D eigenvalue weighted by atomic mass is 10.1. The molecule has 8 heteroatoms. The van der Waals surface area contributed by atoms with E-state index in [1.165, 1.54) is 15.7 Å². The first kappa shape index (κ1) is 15.7. The Kier molecular flexibility index (Phi) is 4.42. The Morgan fingerprint density at radius 3 is 3.09 bits per heavy atom. The van der Waals surface area contributed by atoms with Crippen molar-refractivity contribution in [2.75, 3.05) is 6.54 Å². The molecule has 0 saturated carbocycles. The van der Waals surface area contributed by atoms with Crippen molar-refractivity contribution in [1.82, 2.24) is 20.0 Å². The molecule has 1 unspecified atom stereocenters. The second-order valence-electron chi connectivity index (χ2n) is 5.46. The molecule has 3 heterocycles. The topological polar surface area (TPSA) is 92.6 Å². The summed E-state index contributed by atoms with van der Waals surface area (Å²) in [4.78, 5) is 42.1. The molecule has 0 spiro atoms. The lowest BCUT2D eigenvalue weighted by Gasteiger charge is -2.16. The minimum Gasteiger partial charge on any atom is -0.354 e. The number of hydrogen-bond donors (Lipinski definition) is 2. The quantitative estimate of drug-likeness (QED) is 0.865. The van der Waals surface area contributed by atoms with Crippen LogP contribution < -0.4 is 16.2 Å². The smallest absolute Gasteiger partial charge is 0.271 e. The highest BCUT2D eigenvalue weighted by Crippen LogP contribution is 2.12. The maximum atomic E-state index is 12.6. The lowest BCUT2D eigenvalue weighted by molar-refractivity contribution is -0.122. The third kappa shape index (κ3) is 2.98. The van der Waals surface area contributed by atoms with Crippen LogP contribution in [0.1, 0.15) is 42.2 Å². The Labute approximate surface area is 136 Å². The summed E-state index contributed by atoms with van der Waals surface area (Å²) in [5.74, 6) is -0.722. The molecule has 1 saturated heterocycles. The second-order valence-corrected chi connectivity index (χ2v) is 6.33. The van der Waals surface area contributed by atoms with Gasteiger partial charge in [0.1, 0.15) is 11.6 Å². The Bertz CT molecular complexity index is 811. The number of thiazole rings is 1. The van der Waals surface area contributed by atoms with Gasteiger partial charge in [-0.3, -0.25) is 18.8 Å². The van der Waals surface area contributed by atoms with Crippen LogP contribution in [0.2, 0.25) is 0 Å². The van der Waals surface area contributed by atoms with Gasteiger partial charge in [-0.25, -0.2) is 4.98 Å². The Balaban J connectivity index is 1.95. The zero-order chi connectivity index (χ0) is 16.4. The van der Waals surface area contributed by atoms with E-state index in [0.29, 0.717) is 30.0 Å². The predicted molar refractivity (Wildman–Crippen MR) is 86.8 cm³/mol. The van der Waals surface area contributed by atoms with E-state index < -0.39 is 11.9 Å². The maximum Gasteiger partial charge on any atom is 0.271 e. The molecule has 0 aliphatic carbocycles. The summed E-state index contributed by atoms with van der Waals surface area (Å²) in [7, 11) is 0.